The zero-order chi connectivity index (χ0) is 6.27. The molecule has 0 fully saturated rings. The molecule has 2 rings (SSSR count). The molecule has 1 aliphatic carbocycles. The Bertz CT molecular complexity index is 283. The van der Waals surface area contributed by atoms with E-state index in [2.05, 4.69) is 0 Å². The van der Waals surface area contributed by atoms with Crippen LogP contribution in [0.3, 0.4) is 0 Å². The molecule has 10 heavy (non-hydrogen) atoms. The topological polar surface area (TPSA) is 20.2 Å². The SMILES string of the molecule is Oc1ccc2c(c1)C=C2.[H-].[Na+]. The molecule has 0 atom stereocenters. The minimum absolute atomic E-state index is 0. The maximum atomic E-state index is 8.94. The second-order valence-corrected chi connectivity index (χ2v) is 2.15. The van der Waals surface area contributed by atoms with Crippen LogP contribution in [-0.4, -0.2) is 5.11 Å². The van der Waals surface area contributed by atoms with Crippen molar-refractivity contribution in [2.75, 3.05) is 0 Å². The van der Waals surface area contributed by atoms with Gasteiger partial charge in [-0.25, -0.2) is 0 Å². The number of phenols is 1. The molecular formula is C8H7NaO. The van der Waals surface area contributed by atoms with Gasteiger partial charge in [0.1, 0.15) is 5.75 Å². The quantitative estimate of drug-likeness (QED) is 0.467. The fourth-order valence-electron chi connectivity index (χ4n) is 0.942. The van der Waals surface area contributed by atoms with Crippen molar-refractivity contribution in [2.24, 2.45) is 0 Å². The van der Waals surface area contributed by atoms with Gasteiger partial charge in [-0.1, -0.05) is 18.2 Å². The van der Waals surface area contributed by atoms with Crippen LogP contribution in [0.25, 0.3) is 12.2 Å². The molecule has 46 valence electrons. The van der Waals surface area contributed by atoms with Gasteiger partial charge in [0.05, 0.1) is 0 Å². The molecule has 2 heteroatoms. The fraction of sp³-hybridized carbons (Fsp3) is 0. The van der Waals surface area contributed by atoms with E-state index in [0.717, 1.165) is 5.56 Å². The first-order valence-electron chi connectivity index (χ1n) is 2.87. The molecule has 0 radical (unpaired) electrons. The molecule has 0 unspecified atom stereocenters. The van der Waals surface area contributed by atoms with E-state index in [9.17, 15) is 0 Å². The summed E-state index contributed by atoms with van der Waals surface area (Å²) in [5, 5.41) is 8.94. The summed E-state index contributed by atoms with van der Waals surface area (Å²) in [5.41, 5.74) is 2.35. The van der Waals surface area contributed by atoms with Gasteiger partial charge in [-0.05, 0) is 23.3 Å². The molecule has 1 N–H and O–H groups in total. The largest absolute Gasteiger partial charge is 1.00 e. The molecule has 1 aliphatic rings. The first kappa shape index (κ1) is 7.86. The van der Waals surface area contributed by atoms with Crippen LogP contribution in [0.4, 0.5) is 0 Å². The number of phenolic OH excluding ortho intramolecular Hbond substituents is 1. The van der Waals surface area contributed by atoms with Gasteiger partial charge in [-0.15, -0.1) is 0 Å². The van der Waals surface area contributed by atoms with Gasteiger partial charge in [-0.2, -0.15) is 0 Å². The minimum atomic E-state index is 0. The van der Waals surface area contributed by atoms with Crippen LogP contribution in [-0.2, 0) is 0 Å². The number of fused-ring (bicyclic) bond motifs is 1. The number of hydrogen-bond donors (Lipinski definition) is 1. The second-order valence-electron chi connectivity index (χ2n) is 2.15. The Hall–Kier alpha value is -0.240. The molecule has 0 aliphatic heterocycles. The van der Waals surface area contributed by atoms with E-state index >= 15 is 0 Å². The Morgan fingerprint density at radius 1 is 1.10 bits per heavy atom. The Labute approximate surface area is 83.2 Å². The average molecular weight is 142 g/mol. The van der Waals surface area contributed by atoms with Crippen LogP contribution in [0, 0.1) is 0 Å². The molecule has 0 amide bonds. The number of benzene rings is 1. The number of rotatable bonds is 0. The van der Waals surface area contributed by atoms with E-state index in [1.807, 2.05) is 18.2 Å². The van der Waals surface area contributed by atoms with Crippen molar-refractivity contribution in [3.8, 4) is 5.75 Å². The summed E-state index contributed by atoms with van der Waals surface area (Å²) in [5.74, 6) is 0.345. The number of aromatic hydroxyl groups is 1. The van der Waals surface area contributed by atoms with E-state index in [1.165, 1.54) is 5.56 Å². The third kappa shape index (κ3) is 1.12. The Morgan fingerprint density at radius 2 is 1.80 bits per heavy atom. The molecule has 0 heterocycles. The van der Waals surface area contributed by atoms with Gasteiger partial charge in [0.2, 0.25) is 0 Å². The molecule has 0 saturated heterocycles. The molecule has 0 spiro atoms. The van der Waals surface area contributed by atoms with Crippen LogP contribution in [0.5, 0.6) is 5.75 Å². The van der Waals surface area contributed by atoms with E-state index in [-0.39, 0.29) is 31.0 Å². The summed E-state index contributed by atoms with van der Waals surface area (Å²) in [4.78, 5) is 0. The summed E-state index contributed by atoms with van der Waals surface area (Å²) in [7, 11) is 0. The third-order valence-corrected chi connectivity index (χ3v) is 1.51. The Kier molecular flexibility index (Phi) is 2.19. The van der Waals surface area contributed by atoms with Crippen molar-refractivity contribution in [1.29, 1.82) is 0 Å². The number of hydrogen-bond acceptors (Lipinski definition) is 1. The van der Waals surface area contributed by atoms with Gasteiger partial charge in [0.15, 0.2) is 0 Å². The molecule has 1 nitrogen and oxygen atoms in total. The van der Waals surface area contributed by atoms with E-state index in [1.54, 1.807) is 12.1 Å². The van der Waals surface area contributed by atoms with Crippen LogP contribution in [0.2, 0.25) is 0 Å². The monoisotopic (exact) mass is 142 g/mol. The smallest absolute Gasteiger partial charge is 1.00 e. The predicted molar refractivity (Wildman–Crippen MR) is 38.1 cm³/mol. The van der Waals surface area contributed by atoms with Crippen molar-refractivity contribution in [2.45, 2.75) is 0 Å². The van der Waals surface area contributed by atoms with Crippen LogP contribution >= 0.6 is 0 Å². The zero-order valence-corrected chi connectivity index (χ0v) is 7.83. The van der Waals surface area contributed by atoms with Gasteiger partial charge >= 0.3 is 29.6 Å². The summed E-state index contributed by atoms with van der Waals surface area (Å²) in [6, 6.07) is 5.36. The normalized spacial score (nSPS) is 11.2. The molecule has 0 aromatic heterocycles. The summed E-state index contributed by atoms with van der Waals surface area (Å²) in [6.07, 6.45) is 4.00. The first-order valence-corrected chi connectivity index (χ1v) is 2.87. The molecule has 0 bridgehead atoms. The molecular weight excluding hydrogens is 135 g/mol. The van der Waals surface area contributed by atoms with Crippen molar-refractivity contribution in [1.82, 2.24) is 0 Å². The Balaban J connectivity index is 0.000000500. The maximum absolute atomic E-state index is 8.94. The standard InChI is InChI=1S/C8H6O.Na.H/c9-8-4-3-6-1-2-7(6)5-8;;/h1-5,9H;;/q;+1;-1. The van der Waals surface area contributed by atoms with Gasteiger partial charge in [0, 0.05) is 0 Å². The van der Waals surface area contributed by atoms with E-state index in [0.29, 0.717) is 5.75 Å². The average Bonchev–Trinajstić information content (AvgIpc) is 1.78. The maximum Gasteiger partial charge on any atom is 1.00 e. The molecule has 1 aromatic rings. The van der Waals surface area contributed by atoms with Gasteiger partial charge in [-0.3, -0.25) is 0 Å². The molecule has 1 aromatic carbocycles. The van der Waals surface area contributed by atoms with Crippen LogP contribution in [0.15, 0.2) is 18.2 Å². The van der Waals surface area contributed by atoms with E-state index < -0.39 is 0 Å². The predicted octanol–water partition coefficient (Wildman–Crippen LogP) is -1.01. The van der Waals surface area contributed by atoms with Gasteiger partial charge < -0.3 is 6.53 Å². The van der Waals surface area contributed by atoms with E-state index in [4.69, 9.17) is 5.11 Å². The van der Waals surface area contributed by atoms with Crippen LogP contribution < -0.4 is 29.6 Å². The van der Waals surface area contributed by atoms with Crippen molar-refractivity contribution < 1.29 is 36.1 Å². The zero-order valence-electron chi connectivity index (χ0n) is 6.83. The van der Waals surface area contributed by atoms with Crippen molar-refractivity contribution in [3.63, 3.8) is 0 Å². The molecule has 0 saturated carbocycles. The third-order valence-electron chi connectivity index (χ3n) is 1.51. The van der Waals surface area contributed by atoms with Gasteiger partial charge in [0.25, 0.3) is 0 Å². The van der Waals surface area contributed by atoms with Crippen LogP contribution in [0.1, 0.15) is 12.6 Å². The fourth-order valence-corrected chi connectivity index (χ4v) is 0.942. The second kappa shape index (κ2) is 2.79. The summed E-state index contributed by atoms with van der Waals surface area (Å²) in [6.45, 7) is 0. The summed E-state index contributed by atoms with van der Waals surface area (Å²) < 4.78 is 0. The summed E-state index contributed by atoms with van der Waals surface area (Å²) >= 11 is 0. The van der Waals surface area contributed by atoms with Crippen molar-refractivity contribution in [3.05, 3.63) is 29.3 Å². The minimum Gasteiger partial charge on any atom is -1.00 e. The first-order chi connectivity index (χ1) is 4.36. The van der Waals surface area contributed by atoms with Crippen molar-refractivity contribution >= 4 is 12.2 Å². The Morgan fingerprint density at radius 3 is 2.20 bits per heavy atom.